The fraction of sp³-hybridized carbons (Fsp3) is 0.647. The second-order valence-corrected chi connectivity index (χ2v) is 6.68. The Labute approximate surface area is 133 Å². The van der Waals surface area contributed by atoms with E-state index in [2.05, 4.69) is 34.3 Å². The maximum absolute atomic E-state index is 6.31. The molecule has 1 N–H and O–H groups in total. The summed E-state index contributed by atoms with van der Waals surface area (Å²) in [5.41, 5.74) is 1.19. The van der Waals surface area contributed by atoms with Gasteiger partial charge in [-0.25, -0.2) is 0 Å². The molecule has 1 saturated carbocycles. The van der Waals surface area contributed by atoms with Crippen molar-refractivity contribution in [1.29, 1.82) is 0 Å². The maximum Gasteiger partial charge on any atom is 0.0639 e. The van der Waals surface area contributed by atoms with Gasteiger partial charge in [0.05, 0.1) is 10.7 Å². The molecule has 4 heteroatoms. The highest BCUT2D eigenvalue weighted by Gasteiger charge is 2.28. The standard InChI is InChI=1S/C17H26ClN3/c1-19-14-6-8-15(9-7-14)20-10-12-21(13-11-20)17-5-3-2-4-16(17)18/h2-5,14-15,19H,6-13H2,1H3. The van der Waals surface area contributed by atoms with Crippen molar-refractivity contribution in [3.8, 4) is 0 Å². The van der Waals surface area contributed by atoms with Crippen molar-refractivity contribution < 1.29 is 0 Å². The lowest BCUT2D eigenvalue weighted by Crippen LogP contribution is -2.52. The molecule has 0 radical (unpaired) electrons. The molecule has 2 fully saturated rings. The van der Waals surface area contributed by atoms with Crippen LogP contribution in [0.4, 0.5) is 5.69 Å². The van der Waals surface area contributed by atoms with Crippen LogP contribution in [0.5, 0.6) is 0 Å². The van der Waals surface area contributed by atoms with Crippen molar-refractivity contribution in [2.24, 2.45) is 0 Å². The molecule has 0 spiro atoms. The summed E-state index contributed by atoms with van der Waals surface area (Å²) in [6.45, 7) is 4.52. The van der Waals surface area contributed by atoms with Gasteiger partial charge < -0.3 is 10.2 Å². The summed E-state index contributed by atoms with van der Waals surface area (Å²) in [4.78, 5) is 5.12. The van der Waals surface area contributed by atoms with E-state index in [0.29, 0.717) is 0 Å². The molecule has 21 heavy (non-hydrogen) atoms. The Morgan fingerprint density at radius 1 is 1.00 bits per heavy atom. The molecule has 1 saturated heterocycles. The van der Waals surface area contributed by atoms with Crippen molar-refractivity contribution in [3.63, 3.8) is 0 Å². The number of rotatable bonds is 3. The van der Waals surface area contributed by atoms with E-state index in [1.807, 2.05) is 12.1 Å². The van der Waals surface area contributed by atoms with Crippen LogP contribution in [0.15, 0.2) is 24.3 Å². The summed E-state index contributed by atoms with van der Waals surface area (Å²) in [5.74, 6) is 0. The van der Waals surface area contributed by atoms with E-state index in [0.717, 1.165) is 30.2 Å². The average molecular weight is 308 g/mol. The Morgan fingerprint density at radius 2 is 1.67 bits per heavy atom. The Morgan fingerprint density at radius 3 is 2.29 bits per heavy atom. The molecular formula is C17H26ClN3. The summed E-state index contributed by atoms with van der Waals surface area (Å²) < 4.78 is 0. The summed E-state index contributed by atoms with van der Waals surface area (Å²) in [7, 11) is 2.09. The maximum atomic E-state index is 6.31. The van der Waals surface area contributed by atoms with E-state index in [1.54, 1.807) is 0 Å². The van der Waals surface area contributed by atoms with Gasteiger partial charge in [0.25, 0.3) is 0 Å². The van der Waals surface area contributed by atoms with Crippen LogP contribution in [0.3, 0.4) is 0 Å². The van der Waals surface area contributed by atoms with Crippen molar-refractivity contribution >= 4 is 17.3 Å². The molecule has 0 aromatic heterocycles. The molecule has 116 valence electrons. The van der Waals surface area contributed by atoms with Gasteiger partial charge in [-0.05, 0) is 44.9 Å². The van der Waals surface area contributed by atoms with Gasteiger partial charge in [0, 0.05) is 38.3 Å². The second-order valence-electron chi connectivity index (χ2n) is 6.27. The number of hydrogen-bond donors (Lipinski definition) is 1. The van der Waals surface area contributed by atoms with E-state index in [4.69, 9.17) is 11.6 Å². The third-order valence-electron chi connectivity index (χ3n) is 5.13. The smallest absolute Gasteiger partial charge is 0.0639 e. The minimum absolute atomic E-state index is 0.741. The van der Waals surface area contributed by atoms with Crippen LogP contribution in [-0.2, 0) is 0 Å². The third-order valence-corrected chi connectivity index (χ3v) is 5.45. The lowest BCUT2D eigenvalue weighted by atomic mass is 9.90. The van der Waals surface area contributed by atoms with Crippen LogP contribution in [0.2, 0.25) is 5.02 Å². The van der Waals surface area contributed by atoms with Crippen molar-refractivity contribution in [2.45, 2.75) is 37.8 Å². The van der Waals surface area contributed by atoms with Gasteiger partial charge in [0.1, 0.15) is 0 Å². The molecule has 0 amide bonds. The van der Waals surface area contributed by atoms with Crippen LogP contribution in [0.1, 0.15) is 25.7 Å². The molecule has 1 aromatic rings. The summed E-state index contributed by atoms with van der Waals surface area (Å²) in [6, 6.07) is 9.74. The first kappa shape index (κ1) is 15.1. The lowest BCUT2D eigenvalue weighted by Gasteiger charge is -2.42. The monoisotopic (exact) mass is 307 g/mol. The van der Waals surface area contributed by atoms with E-state index >= 15 is 0 Å². The summed E-state index contributed by atoms with van der Waals surface area (Å²) >= 11 is 6.31. The van der Waals surface area contributed by atoms with Crippen molar-refractivity contribution in [1.82, 2.24) is 10.2 Å². The number of hydrogen-bond acceptors (Lipinski definition) is 3. The summed E-state index contributed by atoms with van der Waals surface area (Å²) in [5, 5.41) is 4.30. The molecule has 0 bridgehead atoms. The molecule has 3 rings (SSSR count). The largest absolute Gasteiger partial charge is 0.368 e. The first-order valence-corrected chi connectivity index (χ1v) is 8.56. The topological polar surface area (TPSA) is 18.5 Å². The fourth-order valence-corrected chi connectivity index (χ4v) is 4.02. The molecule has 1 aliphatic heterocycles. The van der Waals surface area contributed by atoms with Crippen LogP contribution in [0, 0.1) is 0 Å². The molecule has 1 aliphatic carbocycles. The summed E-state index contributed by atoms with van der Waals surface area (Å²) in [6.07, 6.45) is 5.34. The zero-order valence-corrected chi connectivity index (χ0v) is 13.6. The molecule has 0 unspecified atom stereocenters. The molecular weight excluding hydrogens is 282 g/mol. The molecule has 2 aliphatic rings. The molecule has 1 aromatic carbocycles. The van der Waals surface area contributed by atoms with Gasteiger partial charge in [0.2, 0.25) is 0 Å². The second kappa shape index (κ2) is 6.99. The van der Waals surface area contributed by atoms with Crippen molar-refractivity contribution in [3.05, 3.63) is 29.3 Å². The highest BCUT2D eigenvalue weighted by atomic mass is 35.5. The number of para-hydroxylation sites is 1. The number of anilines is 1. The van der Waals surface area contributed by atoms with Crippen molar-refractivity contribution in [2.75, 3.05) is 38.1 Å². The zero-order valence-electron chi connectivity index (χ0n) is 12.9. The van der Waals surface area contributed by atoms with Gasteiger partial charge >= 0.3 is 0 Å². The van der Waals surface area contributed by atoms with E-state index in [9.17, 15) is 0 Å². The van der Waals surface area contributed by atoms with Gasteiger partial charge in [-0.2, -0.15) is 0 Å². The minimum atomic E-state index is 0.741. The van der Waals surface area contributed by atoms with Crippen LogP contribution < -0.4 is 10.2 Å². The number of nitrogens with one attached hydrogen (secondary N) is 1. The van der Waals surface area contributed by atoms with Crippen LogP contribution in [0.25, 0.3) is 0 Å². The average Bonchev–Trinajstić information content (AvgIpc) is 2.56. The predicted molar refractivity (Wildman–Crippen MR) is 90.3 cm³/mol. The van der Waals surface area contributed by atoms with E-state index < -0.39 is 0 Å². The Balaban J connectivity index is 1.53. The van der Waals surface area contributed by atoms with E-state index in [1.165, 1.54) is 44.5 Å². The molecule has 3 nitrogen and oxygen atoms in total. The molecule has 1 heterocycles. The first-order valence-electron chi connectivity index (χ1n) is 8.18. The van der Waals surface area contributed by atoms with Gasteiger partial charge in [-0.1, -0.05) is 23.7 Å². The first-order chi connectivity index (χ1) is 10.3. The fourth-order valence-electron chi connectivity index (χ4n) is 3.77. The van der Waals surface area contributed by atoms with Gasteiger partial charge in [-0.3, -0.25) is 4.90 Å². The normalized spacial score (nSPS) is 27.8. The highest BCUT2D eigenvalue weighted by molar-refractivity contribution is 6.33. The van der Waals surface area contributed by atoms with Crippen LogP contribution >= 0.6 is 11.6 Å². The van der Waals surface area contributed by atoms with Crippen LogP contribution in [-0.4, -0.2) is 50.2 Å². The Bertz CT molecular complexity index is 449. The predicted octanol–water partition coefficient (Wildman–Crippen LogP) is 2.99. The highest BCUT2D eigenvalue weighted by Crippen LogP contribution is 2.28. The number of piperazine rings is 1. The third kappa shape index (κ3) is 3.53. The van der Waals surface area contributed by atoms with Gasteiger partial charge in [0.15, 0.2) is 0 Å². The Kier molecular flexibility index (Phi) is 5.04. The number of benzene rings is 1. The minimum Gasteiger partial charge on any atom is -0.368 e. The number of nitrogens with zero attached hydrogens (tertiary/aromatic N) is 2. The zero-order chi connectivity index (χ0) is 14.7. The SMILES string of the molecule is CNC1CCC(N2CCN(c3ccccc3Cl)CC2)CC1. The Hall–Kier alpha value is -0.770. The molecule has 0 atom stereocenters. The van der Waals surface area contributed by atoms with E-state index in [-0.39, 0.29) is 0 Å². The number of halogens is 1. The lowest BCUT2D eigenvalue weighted by molar-refractivity contribution is 0.137. The van der Waals surface area contributed by atoms with Gasteiger partial charge in [-0.15, -0.1) is 0 Å². The quantitative estimate of drug-likeness (QED) is 0.926.